The van der Waals surface area contributed by atoms with E-state index in [0.29, 0.717) is 5.56 Å². The zero-order valence-electron chi connectivity index (χ0n) is 14.8. The summed E-state index contributed by atoms with van der Waals surface area (Å²) in [6, 6.07) is 14.7. The Morgan fingerprint density at radius 2 is 1.48 bits per heavy atom. The van der Waals surface area contributed by atoms with Crippen LogP contribution in [0.25, 0.3) is 0 Å². The van der Waals surface area contributed by atoms with E-state index < -0.39 is 21.8 Å². The van der Waals surface area contributed by atoms with Crippen molar-refractivity contribution in [3.8, 4) is 0 Å². The monoisotopic (exact) mass is 430 g/mol. The summed E-state index contributed by atoms with van der Waals surface area (Å²) in [4.78, 5) is 27.9. The Morgan fingerprint density at radius 3 is 2.17 bits per heavy atom. The molecule has 0 saturated heterocycles. The molecule has 1 aromatic heterocycles. The van der Waals surface area contributed by atoms with Crippen molar-refractivity contribution < 1.29 is 18.0 Å². The molecule has 0 radical (unpaired) electrons. The maximum atomic E-state index is 12.6. The fraction of sp³-hybridized carbons (Fsp3) is 0. The number of hydrazine groups is 1. The molecule has 3 N–H and O–H groups in total. The van der Waals surface area contributed by atoms with Gasteiger partial charge in [0, 0.05) is 23.5 Å². The molecule has 3 rings (SSSR count). The fourth-order valence-electron chi connectivity index (χ4n) is 2.31. The lowest BCUT2D eigenvalue weighted by molar-refractivity contribution is 0.0846. The van der Waals surface area contributed by atoms with E-state index in [-0.39, 0.29) is 21.2 Å². The molecule has 0 aliphatic heterocycles. The highest BCUT2D eigenvalue weighted by Gasteiger charge is 2.18. The van der Waals surface area contributed by atoms with Gasteiger partial charge < -0.3 is 0 Å². The number of nitrogens with zero attached hydrogens (tertiary/aromatic N) is 1. The molecule has 3 aromatic rings. The maximum Gasteiger partial charge on any atom is 0.269 e. The van der Waals surface area contributed by atoms with Gasteiger partial charge in [0.05, 0.1) is 15.6 Å². The predicted octanol–water partition coefficient (Wildman–Crippen LogP) is 2.61. The molecule has 29 heavy (non-hydrogen) atoms. The quantitative estimate of drug-likeness (QED) is 0.538. The van der Waals surface area contributed by atoms with Gasteiger partial charge in [0.1, 0.15) is 0 Å². The summed E-state index contributed by atoms with van der Waals surface area (Å²) in [6.45, 7) is 0. The number of para-hydroxylation sites is 1. The zero-order chi connectivity index (χ0) is 20.9. The lowest BCUT2D eigenvalue weighted by atomic mass is 10.2. The van der Waals surface area contributed by atoms with Crippen LogP contribution >= 0.6 is 11.6 Å². The number of hydrogen-bond donors (Lipinski definition) is 3. The maximum absolute atomic E-state index is 12.6. The van der Waals surface area contributed by atoms with Crippen molar-refractivity contribution in [2.24, 2.45) is 0 Å². The predicted molar refractivity (Wildman–Crippen MR) is 108 cm³/mol. The second-order valence-corrected chi connectivity index (χ2v) is 7.85. The smallest absolute Gasteiger partial charge is 0.269 e. The van der Waals surface area contributed by atoms with Crippen LogP contribution in [0.2, 0.25) is 5.02 Å². The van der Waals surface area contributed by atoms with E-state index in [1.54, 1.807) is 18.2 Å². The first kappa shape index (κ1) is 20.3. The molecule has 0 aliphatic carbocycles. The normalized spacial score (nSPS) is 10.8. The van der Waals surface area contributed by atoms with Crippen LogP contribution in [0.5, 0.6) is 0 Å². The first-order chi connectivity index (χ1) is 13.9. The number of rotatable bonds is 5. The minimum Gasteiger partial charge on any atom is -0.278 e. The fourth-order valence-corrected chi connectivity index (χ4v) is 3.68. The van der Waals surface area contributed by atoms with E-state index in [4.69, 9.17) is 11.6 Å². The van der Waals surface area contributed by atoms with Crippen molar-refractivity contribution in [2.45, 2.75) is 4.90 Å². The summed E-state index contributed by atoms with van der Waals surface area (Å²) in [5.41, 5.74) is 5.06. The summed E-state index contributed by atoms with van der Waals surface area (Å²) in [5, 5.41) is 0.240. The van der Waals surface area contributed by atoms with E-state index in [0.717, 1.165) is 0 Å². The molecular weight excluding hydrogens is 416 g/mol. The Kier molecular flexibility index (Phi) is 6.10. The Balaban J connectivity index is 1.72. The van der Waals surface area contributed by atoms with Crippen LogP contribution in [0.4, 0.5) is 5.69 Å². The van der Waals surface area contributed by atoms with Gasteiger partial charge in [-0.15, -0.1) is 0 Å². The molecule has 0 aliphatic rings. The van der Waals surface area contributed by atoms with Gasteiger partial charge >= 0.3 is 0 Å². The molecule has 0 saturated carbocycles. The Hall–Kier alpha value is -3.43. The number of carbonyl (C=O) groups excluding carboxylic acids is 2. The van der Waals surface area contributed by atoms with Crippen LogP contribution in [0, 0.1) is 0 Å². The van der Waals surface area contributed by atoms with Gasteiger partial charge in [-0.3, -0.25) is 30.1 Å². The number of pyridine rings is 1. The van der Waals surface area contributed by atoms with Gasteiger partial charge in [-0.1, -0.05) is 29.8 Å². The molecule has 1 heterocycles. The third-order valence-corrected chi connectivity index (χ3v) is 5.45. The van der Waals surface area contributed by atoms with Gasteiger partial charge in [0.25, 0.3) is 21.8 Å². The number of anilines is 1. The lowest BCUT2D eigenvalue weighted by Crippen LogP contribution is -2.41. The molecule has 0 bridgehead atoms. The number of aromatic nitrogens is 1. The van der Waals surface area contributed by atoms with Gasteiger partial charge in [-0.05, 0) is 42.5 Å². The number of nitrogens with one attached hydrogen (secondary N) is 3. The number of carbonyl (C=O) groups is 2. The Bertz CT molecular complexity index is 1150. The van der Waals surface area contributed by atoms with Crippen LogP contribution in [-0.4, -0.2) is 25.2 Å². The van der Waals surface area contributed by atoms with E-state index in [1.807, 2.05) is 0 Å². The van der Waals surface area contributed by atoms with Crippen molar-refractivity contribution in [3.63, 3.8) is 0 Å². The molecule has 0 atom stereocenters. The summed E-state index contributed by atoms with van der Waals surface area (Å²) in [6.07, 6.45) is 2.88. The third-order valence-electron chi connectivity index (χ3n) is 3.76. The third kappa shape index (κ3) is 5.09. The Morgan fingerprint density at radius 1 is 0.828 bits per heavy atom. The average Bonchev–Trinajstić information content (AvgIpc) is 2.74. The number of sulfonamides is 1. The number of hydrogen-bond acceptors (Lipinski definition) is 5. The minimum absolute atomic E-state index is 0.0436. The zero-order valence-corrected chi connectivity index (χ0v) is 16.4. The second-order valence-electron chi connectivity index (χ2n) is 5.76. The van der Waals surface area contributed by atoms with Crippen molar-refractivity contribution >= 4 is 39.1 Å². The molecule has 148 valence electrons. The van der Waals surface area contributed by atoms with E-state index in [1.165, 1.54) is 54.9 Å². The molecule has 2 amide bonds. The molecule has 2 aromatic carbocycles. The summed E-state index contributed by atoms with van der Waals surface area (Å²) < 4.78 is 27.6. The van der Waals surface area contributed by atoms with Gasteiger partial charge in [0.2, 0.25) is 0 Å². The summed E-state index contributed by atoms with van der Waals surface area (Å²) >= 11 is 5.99. The van der Waals surface area contributed by atoms with E-state index >= 15 is 0 Å². The van der Waals surface area contributed by atoms with Crippen LogP contribution in [0.1, 0.15) is 20.7 Å². The van der Waals surface area contributed by atoms with E-state index in [2.05, 4.69) is 20.6 Å². The second kappa shape index (κ2) is 8.72. The van der Waals surface area contributed by atoms with E-state index in [9.17, 15) is 18.0 Å². The van der Waals surface area contributed by atoms with Gasteiger partial charge in [-0.25, -0.2) is 8.42 Å². The summed E-state index contributed by atoms with van der Waals surface area (Å²) in [5.74, 6) is -1.22. The van der Waals surface area contributed by atoms with Crippen LogP contribution in [0.15, 0.2) is 78.0 Å². The average molecular weight is 431 g/mol. The van der Waals surface area contributed by atoms with Crippen LogP contribution < -0.4 is 15.6 Å². The van der Waals surface area contributed by atoms with Crippen molar-refractivity contribution in [1.29, 1.82) is 0 Å². The van der Waals surface area contributed by atoms with Crippen molar-refractivity contribution in [3.05, 3.63) is 89.2 Å². The number of halogens is 1. The first-order valence-electron chi connectivity index (χ1n) is 8.25. The lowest BCUT2D eigenvalue weighted by Gasteiger charge is -2.11. The standard InChI is InChI=1S/C19H15ClN4O4S/c20-16-6-1-2-7-17(16)24-29(27,28)15-5-3-4-14(12-15)19(26)23-22-18(25)13-8-10-21-11-9-13/h1-12,24H,(H,22,25)(H,23,26). The van der Waals surface area contributed by atoms with Gasteiger partial charge in [0.15, 0.2) is 0 Å². The SMILES string of the molecule is O=C(NNC(=O)c1cccc(S(=O)(=O)Nc2ccccc2Cl)c1)c1ccncc1. The molecular formula is C19H15ClN4O4S. The number of benzene rings is 2. The van der Waals surface area contributed by atoms with Crippen LogP contribution in [-0.2, 0) is 10.0 Å². The highest BCUT2D eigenvalue weighted by molar-refractivity contribution is 7.92. The molecule has 0 spiro atoms. The molecule has 0 unspecified atom stereocenters. The van der Waals surface area contributed by atoms with Gasteiger partial charge in [-0.2, -0.15) is 0 Å². The number of amides is 2. The molecule has 10 heteroatoms. The largest absolute Gasteiger partial charge is 0.278 e. The first-order valence-corrected chi connectivity index (χ1v) is 10.1. The summed E-state index contributed by atoms with van der Waals surface area (Å²) in [7, 11) is -3.97. The molecule has 0 fully saturated rings. The minimum atomic E-state index is -3.97. The van der Waals surface area contributed by atoms with Crippen molar-refractivity contribution in [1.82, 2.24) is 15.8 Å². The Labute approximate surface area is 172 Å². The topological polar surface area (TPSA) is 117 Å². The molecule has 8 nitrogen and oxygen atoms in total. The highest BCUT2D eigenvalue weighted by atomic mass is 35.5. The van der Waals surface area contributed by atoms with Crippen molar-refractivity contribution in [2.75, 3.05) is 4.72 Å². The van der Waals surface area contributed by atoms with Crippen LogP contribution in [0.3, 0.4) is 0 Å². The highest BCUT2D eigenvalue weighted by Crippen LogP contribution is 2.24.